The summed E-state index contributed by atoms with van der Waals surface area (Å²) in [5.74, 6) is -2.53. The van der Waals surface area contributed by atoms with Gasteiger partial charge in [-0.05, 0) is 27.7 Å². The Kier molecular flexibility index (Phi) is 5.49. The van der Waals surface area contributed by atoms with Gasteiger partial charge in [0.2, 0.25) is 0 Å². The number of fused-ring (bicyclic) bond motifs is 1. The van der Waals surface area contributed by atoms with Crippen molar-refractivity contribution < 1.29 is 23.9 Å². The molecule has 1 aliphatic carbocycles. The molecule has 0 saturated carbocycles. The van der Waals surface area contributed by atoms with E-state index < -0.39 is 41.6 Å². The lowest BCUT2D eigenvalue weighted by Gasteiger charge is -2.31. The van der Waals surface area contributed by atoms with Crippen LogP contribution >= 0.6 is 0 Å². The number of hydrogen-bond acceptors (Lipinski definition) is 7. The minimum Gasteiger partial charge on any atom is -0.458 e. The topological polar surface area (TPSA) is 130 Å². The second-order valence-electron chi connectivity index (χ2n) is 7.58. The van der Waals surface area contributed by atoms with Crippen LogP contribution in [-0.2, 0) is 14.3 Å². The van der Waals surface area contributed by atoms with E-state index in [2.05, 4.69) is 0 Å². The van der Waals surface area contributed by atoms with Gasteiger partial charge in [0.1, 0.15) is 5.60 Å². The van der Waals surface area contributed by atoms with Crippen molar-refractivity contribution in [2.75, 3.05) is 6.54 Å². The van der Waals surface area contributed by atoms with Crippen molar-refractivity contribution in [3.63, 3.8) is 0 Å². The molecular weight excluding hydrogens is 348 g/mol. The number of esters is 1. The highest BCUT2D eigenvalue weighted by atomic mass is 16.6. The molecule has 4 N–H and O–H groups in total. The zero-order valence-corrected chi connectivity index (χ0v) is 15.9. The highest BCUT2D eigenvalue weighted by molar-refractivity contribution is 6.27. The Morgan fingerprint density at radius 1 is 1.04 bits per heavy atom. The fourth-order valence-corrected chi connectivity index (χ4v) is 2.88. The van der Waals surface area contributed by atoms with Crippen LogP contribution in [-0.4, -0.2) is 41.0 Å². The molecule has 7 heteroatoms. The highest BCUT2D eigenvalue weighted by Gasteiger charge is 2.47. The predicted octanol–water partition coefficient (Wildman–Crippen LogP) is 1.34. The number of carbonyl (C=O) groups excluding carboxylic acids is 4. The number of Topliss-reactive ketones (excluding diaryl/α,β-unsaturated/α-hetero) is 3. The minimum atomic E-state index is -2.15. The molecule has 0 radical (unpaired) electrons. The number of ether oxygens (including phenoxy) is 1. The van der Waals surface area contributed by atoms with Gasteiger partial charge in [0.05, 0.1) is 6.54 Å². The molecule has 0 bridgehead atoms. The Balaban J connectivity index is 2.50. The molecule has 2 rings (SSSR count). The van der Waals surface area contributed by atoms with Crippen LogP contribution < -0.4 is 11.5 Å². The molecule has 144 valence electrons. The molecule has 7 nitrogen and oxygen atoms in total. The molecule has 0 heterocycles. The first kappa shape index (κ1) is 20.7. The second kappa shape index (κ2) is 7.17. The second-order valence-corrected chi connectivity index (χ2v) is 7.58. The number of hydrogen-bond donors (Lipinski definition) is 2. The molecule has 0 aliphatic heterocycles. The number of rotatable bonds is 5. The van der Waals surface area contributed by atoms with E-state index >= 15 is 0 Å². The van der Waals surface area contributed by atoms with Crippen molar-refractivity contribution in [2.45, 2.75) is 45.3 Å². The van der Waals surface area contributed by atoms with Crippen LogP contribution in [0.25, 0.3) is 0 Å². The number of nitrogens with two attached hydrogens (primary N) is 2. The first-order valence-electron chi connectivity index (χ1n) is 8.56. The standard InChI is InChI=1S/C20H24N2O5/c1-11-14(17(25)13-8-6-5-7-12(13)16(11)24)9-20(22,15(23)10-21)18(26)27-19(2,3)4/h5-8H,9-10,21-22H2,1-4H3. The third kappa shape index (κ3) is 3.89. The molecule has 0 saturated heterocycles. The van der Waals surface area contributed by atoms with Gasteiger partial charge in [-0.2, -0.15) is 0 Å². The fraction of sp³-hybridized carbons (Fsp3) is 0.400. The van der Waals surface area contributed by atoms with Crippen LogP contribution in [0.15, 0.2) is 35.4 Å². The lowest BCUT2D eigenvalue weighted by atomic mass is 9.77. The van der Waals surface area contributed by atoms with Gasteiger partial charge in [-0.1, -0.05) is 24.3 Å². The summed E-state index contributed by atoms with van der Waals surface area (Å²) in [5.41, 5.74) is 9.19. The van der Waals surface area contributed by atoms with Gasteiger partial charge < -0.3 is 16.2 Å². The SMILES string of the molecule is CC1=C(CC(N)(C(=O)CN)C(=O)OC(C)(C)C)C(=O)c2ccccc2C1=O. The summed E-state index contributed by atoms with van der Waals surface area (Å²) in [5, 5.41) is 0. The van der Waals surface area contributed by atoms with Crippen molar-refractivity contribution in [3.05, 3.63) is 46.5 Å². The molecule has 27 heavy (non-hydrogen) atoms. The summed E-state index contributed by atoms with van der Waals surface area (Å²) in [6.07, 6.45) is -0.456. The van der Waals surface area contributed by atoms with Crippen LogP contribution in [0.5, 0.6) is 0 Å². The van der Waals surface area contributed by atoms with Crippen molar-refractivity contribution in [3.8, 4) is 0 Å². The lowest BCUT2D eigenvalue weighted by molar-refractivity contribution is -0.163. The van der Waals surface area contributed by atoms with Gasteiger partial charge in [-0.15, -0.1) is 0 Å². The predicted molar refractivity (Wildman–Crippen MR) is 99.2 cm³/mol. The molecule has 1 atom stereocenters. The maximum Gasteiger partial charge on any atom is 0.334 e. The number of ketones is 3. The van der Waals surface area contributed by atoms with Crippen LogP contribution in [0.1, 0.15) is 54.8 Å². The first-order chi connectivity index (χ1) is 12.4. The molecule has 1 aromatic rings. The average molecular weight is 372 g/mol. The van der Waals surface area contributed by atoms with E-state index in [4.69, 9.17) is 16.2 Å². The number of carbonyl (C=O) groups is 4. The Bertz CT molecular complexity index is 863. The van der Waals surface area contributed by atoms with E-state index in [-0.39, 0.29) is 28.1 Å². The zero-order chi connectivity index (χ0) is 20.6. The summed E-state index contributed by atoms with van der Waals surface area (Å²) < 4.78 is 5.28. The minimum absolute atomic E-state index is 0.0221. The highest BCUT2D eigenvalue weighted by Crippen LogP contribution is 2.31. The van der Waals surface area contributed by atoms with Gasteiger partial charge in [0.25, 0.3) is 0 Å². The summed E-state index contributed by atoms with van der Waals surface area (Å²) in [7, 11) is 0. The van der Waals surface area contributed by atoms with Gasteiger partial charge in [0, 0.05) is 28.7 Å². The van der Waals surface area contributed by atoms with Gasteiger partial charge >= 0.3 is 5.97 Å². The normalized spacial score (nSPS) is 16.7. The summed E-state index contributed by atoms with van der Waals surface area (Å²) >= 11 is 0. The summed E-state index contributed by atoms with van der Waals surface area (Å²) in [6, 6.07) is 6.38. The van der Waals surface area contributed by atoms with Crippen LogP contribution in [0.3, 0.4) is 0 Å². The maximum absolute atomic E-state index is 12.9. The maximum atomic E-state index is 12.9. The molecular formula is C20H24N2O5. The Hall–Kier alpha value is -2.64. The fourth-order valence-electron chi connectivity index (χ4n) is 2.88. The van der Waals surface area contributed by atoms with Crippen LogP contribution in [0.2, 0.25) is 0 Å². The van der Waals surface area contributed by atoms with E-state index in [9.17, 15) is 19.2 Å². The first-order valence-corrected chi connectivity index (χ1v) is 8.56. The van der Waals surface area contributed by atoms with Gasteiger partial charge in [-0.25, -0.2) is 4.79 Å². The Morgan fingerprint density at radius 3 is 2.04 bits per heavy atom. The van der Waals surface area contributed by atoms with Gasteiger partial charge in [-0.3, -0.25) is 14.4 Å². The molecule has 1 aromatic carbocycles. The Morgan fingerprint density at radius 2 is 1.56 bits per heavy atom. The molecule has 1 aliphatic rings. The lowest BCUT2D eigenvalue weighted by Crippen LogP contribution is -2.59. The smallest absolute Gasteiger partial charge is 0.334 e. The van der Waals surface area contributed by atoms with Crippen molar-refractivity contribution >= 4 is 23.3 Å². The van der Waals surface area contributed by atoms with Gasteiger partial charge in [0.15, 0.2) is 22.9 Å². The molecule has 0 spiro atoms. The molecule has 0 fully saturated rings. The van der Waals surface area contributed by atoms with Crippen molar-refractivity contribution in [2.24, 2.45) is 11.5 Å². The zero-order valence-electron chi connectivity index (χ0n) is 15.9. The third-order valence-corrected chi connectivity index (χ3v) is 4.39. The van der Waals surface area contributed by atoms with E-state index in [1.54, 1.807) is 39.0 Å². The molecule has 1 unspecified atom stereocenters. The number of benzene rings is 1. The quantitative estimate of drug-likeness (QED) is 0.589. The van der Waals surface area contributed by atoms with E-state index in [1.165, 1.54) is 13.0 Å². The third-order valence-electron chi connectivity index (χ3n) is 4.39. The van der Waals surface area contributed by atoms with E-state index in [0.29, 0.717) is 0 Å². The van der Waals surface area contributed by atoms with Crippen molar-refractivity contribution in [1.29, 1.82) is 0 Å². The van der Waals surface area contributed by atoms with Crippen LogP contribution in [0, 0.1) is 0 Å². The van der Waals surface area contributed by atoms with E-state index in [1.807, 2.05) is 0 Å². The van der Waals surface area contributed by atoms with Crippen LogP contribution in [0.4, 0.5) is 0 Å². The van der Waals surface area contributed by atoms with Crippen molar-refractivity contribution in [1.82, 2.24) is 0 Å². The van der Waals surface area contributed by atoms with E-state index in [0.717, 1.165) is 0 Å². The summed E-state index contributed by atoms with van der Waals surface area (Å²) in [6.45, 7) is 5.88. The number of allylic oxidation sites excluding steroid dienone is 1. The largest absolute Gasteiger partial charge is 0.458 e. The molecule has 0 aromatic heterocycles. The summed E-state index contributed by atoms with van der Waals surface area (Å²) in [4.78, 5) is 50.6. The monoisotopic (exact) mass is 372 g/mol. The molecule has 0 amide bonds. The average Bonchev–Trinajstić information content (AvgIpc) is 2.61. The Labute approximate surface area is 157 Å².